The lowest BCUT2D eigenvalue weighted by atomic mass is 10.1. The molecule has 0 aliphatic heterocycles. The molecule has 0 bridgehead atoms. The van der Waals surface area contributed by atoms with Gasteiger partial charge in [-0.3, -0.25) is 9.59 Å². The van der Waals surface area contributed by atoms with E-state index in [-0.39, 0.29) is 6.29 Å². The molecule has 0 spiro atoms. The van der Waals surface area contributed by atoms with Crippen molar-refractivity contribution in [3.63, 3.8) is 0 Å². The first-order valence-corrected chi connectivity index (χ1v) is 4.06. The fourth-order valence-corrected chi connectivity index (χ4v) is 0.849. The van der Waals surface area contributed by atoms with Crippen LogP contribution in [0.15, 0.2) is 0 Å². The first kappa shape index (κ1) is 13.0. The average Bonchev–Trinajstić information content (AvgIpc) is 2.11. The van der Waals surface area contributed by atoms with Gasteiger partial charge < -0.3 is 20.1 Å². The van der Waals surface area contributed by atoms with E-state index in [1.807, 2.05) is 0 Å². The smallest absolute Gasteiger partial charge is 0.303 e. The van der Waals surface area contributed by atoms with Gasteiger partial charge in [-0.25, -0.2) is 0 Å². The monoisotopic (exact) mass is 206 g/mol. The number of hydrogen-bond acceptors (Lipinski definition) is 6. The highest BCUT2D eigenvalue weighted by molar-refractivity contribution is 5.70. The van der Waals surface area contributed by atoms with Crippen molar-refractivity contribution in [2.24, 2.45) is 0 Å². The summed E-state index contributed by atoms with van der Waals surface area (Å²) in [6.07, 6.45) is -5.65. The molecule has 0 aromatic heterocycles. The van der Waals surface area contributed by atoms with E-state index >= 15 is 0 Å². The molecule has 6 nitrogen and oxygen atoms in total. The number of carbonyl (C=O) groups excluding carboxylic acids is 2. The first-order valence-electron chi connectivity index (χ1n) is 4.06. The highest BCUT2D eigenvalue weighted by Crippen LogP contribution is 2.06. The molecule has 14 heavy (non-hydrogen) atoms. The fraction of sp³-hybridized carbons (Fsp3) is 0.750. The van der Waals surface area contributed by atoms with Gasteiger partial charge in [0.1, 0.15) is 12.2 Å². The van der Waals surface area contributed by atoms with Gasteiger partial charge in [-0.15, -0.1) is 0 Å². The van der Waals surface area contributed by atoms with E-state index in [1.54, 1.807) is 0 Å². The number of hydrogen-bond donors (Lipinski definition) is 3. The van der Waals surface area contributed by atoms with Crippen molar-refractivity contribution in [1.29, 1.82) is 0 Å². The van der Waals surface area contributed by atoms with Crippen LogP contribution < -0.4 is 0 Å². The molecule has 0 saturated carbocycles. The van der Waals surface area contributed by atoms with Crippen LogP contribution in [0.4, 0.5) is 0 Å². The Kier molecular flexibility index (Phi) is 5.29. The average molecular weight is 206 g/mol. The third-order valence-electron chi connectivity index (χ3n) is 1.62. The highest BCUT2D eigenvalue weighted by atomic mass is 16.6. The lowest BCUT2D eigenvalue weighted by Crippen LogP contribution is -2.45. The van der Waals surface area contributed by atoms with E-state index < -0.39 is 30.4 Å². The van der Waals surface area contributed by atoms with Crippen molar-refractivity contribution in [2.45, 2.75) is 38.3 Å². The Balaban J connectivity index is 4.36. The van der Waals surface area contributed by atoms with Crippen molar-refractivity contribution < 1.29 is 29.6 Å². The van der Waals surface area contributed by atoms with Crippen LogP contribution in [0.1, 0.15) is 13.8 Å². The Bertz CT molecular complexity index is 202. The molecule has 0 heterocycles. The molecule has 0 fully saturated rings. The summed E-state index contributed by atoms with van der Waals surface area (Å²) in [6.45, 7) is 2.31. The number of carbonyl (C=O) groups is 2. The predicted molar refractivity (Wildman–Crippen MR) is 45.3 cm³/mol. The Morgan fingerprint density at radius 3 is 2.07 bits per heavy atom. The van der Waals surface area contributed by atoms with E-state index in [1.165, 1.54) is 6.92 Å². The second-order valence-corrected chi connectivity index (χ2v) is 2.93. The Hall–Kier alpha value is -0.980. The molecule has 4 atom stereocenters. The minimum Gasteiger partial charge on any atom is -0.452 e. The van der Waals surface area contributed by atoms with Crippen molar-refractivity contribution in [3.05, 3.63) is 0 Å². The molecule has 82 valence electrons. The minimum atomic E-state index is -1.63. The quantitative estimate of drug-likeness (QED) is 0.363. The van der Waals surface area contributed by atoms with E-state index in [0.717, 1.165) is 6.92 Å². The third kappa shape index (κ3) is 3.82. The van der Waals surface area contributed by atoms with Crippen LogP contribution in [0.5, 0.6) is 0 Å². The molecule has 0 saturated heterocycles. The topological polar surface area (TPSA) is 104 Å². The van der Waals surface area contributed by atoms with Crippen LogP contribution in [-0.4, -0.2) is 52.0 Å². The maximum atomic E-state index is 10.5. The summed E-state index contributed by atoms with van der Waals surface area (Å²) in [4.78, 5) is 20.9. The van der Waals surface area contributed by atoms with Crippen LogP contribution in [-0.2, 0) is 14.3 Å². The Morgan fingerprint density at radius 2 is 1.79 bits per heavy atom. The van der Waals surface area contributed by atoms with Gasteiger partial charge >= 0.3 is 5.97 Å². The summed E-state index contributed by atoms with van der Waals surface area (Å²) >= 11 is 0. The Labute approximate surface area is 81.1 Å². The molecule has 0 aromatic carbocycles. The van der Waals surface area contributed by atoms with Crippen molar-refractivity contribution in [1.82, 2.24) is 0 Å². The Morgan fingerprint density at radius 1 is 1.29 bits per heavy atom. The lowest BCUT2D eigenvalue weighted by Gasteiger charge is -2.24. The number of aliphatic hydroxyl groups excluding tert-OH is 3. The highest BCUT2D eigenvalue weighted by Gasteiger charge is 2.31. The largest absolute Gasteiger partial charge is 0.452 e. The van der Waals surface area contributed by atoms with E-state index in [2.05, 4.69) is 4.74 Å². The van der Waals surface area contributed by atoms with Gasteiger partial charge in [-0.1, -0.05) is 0 Å². The summed E-state index contributed by atoms with van der Waals surface area (Å²) < 4.78 is 4.40. The molecule has 0 aromatic rings. The summed E-state index contributed by atoms with van der Waals surface area (Å²) in [5, 5.41) is 27.3. The molecule has 0 amide bonds. The maximum Gasteiger partial charge on any atom is 0.303 e. The van der Waals surface area contributed by atoms with E-state index in [9.17, 15) is 14.7 Å². The van der Waals surface area contributed by atoms with Gasteiger partial charge in [0.2, 0.25) is 0 Å². The zero-order chi connectivity index (χ0) is 11.3. The predicted octanol–water partition coefficient (Wildman–Crippen LogP) is -1.78. The molecular weight excluding hydrogens is 192 g/mol. The molecular formula is C8H14O6. The van der Waals surface area contributed by atoms with Crippen LogP contribution in [0.3, 0.4) is 0 Å². The second-order valence-electron chi connectivity index (χ2n) is 2.93. The number of ether oxygens (including phenoxy) is 1. The van der Waals surface area contributed by atoms with Crippen LogP contribution in [0.2, 0.25) is 0 Å². The fourth-order valence-electron chi connectivity index (χ4n) is 0.849. The zero-order valence-corrected chi connectivity index (χ0v) is 7.95. The minimum absolute atomic E-state index is 0.192. The number of esters is 1. The number of aliphatic hydroxyl groups is 3. The maximum absolute atomic E-state index is 10.5. The number of rotatable bonds is 5. The third-order valence-corrected chi connectivity index (χ3v) is 1.62. The van der Waals surface area contributed by atoms with Crippen molar-refractivity contribution in [3.8, 4) is 0 Å². The van der Waals surface area contributed by atoms with Gasteiger partial charge in [0.05, 0.1) is 6.10 Å². The second kappa shape index (κ2) is 5.69. The van der Waals surface area contributed by atoms with Crippen molar-refractivity contribution in [2.75, 3.05) is 0 Å². The molecule has 6 heteroatoms. The molecule has 4 unspecified atom stereocenters. The van der Waals surface area contributed by atoms with Crippen LogP contribution >= 0.6 is 0 Å². The van der Waals surface area contributed by atoms with Crippen molar-refractivity contribution >= 4 is 12.3 Å². The molecule has 0 aliphatic carbocycles. The summed E-state index contributed by atoms with van der Waals surface area (Å²) in [6, 6.07) is 0. The first-order chi connectivity index (χ1) is 6.40. The van der Waals surface area contributed by atoms with Gasteiger partial charge in [-0.05, 0) is 6.92 Å². The molecule has 0 rings (SSSR count). The molecule has 0 aliphatic rings. The zero-order valence-electron chi connectivity index (χ0n) is 7.95. The van der Waals surface area contributed by atoms with Gasteiger partial charge in [0.15, 0.2) is 12.4 Å². The van der Waals surface area contributed by atoms with Crippen LogP contribution in [0.25, 0.3) is 0 Å². The van der Waals surface area contributed by atoms with Crippen LogP contribution in [0, 0.1) is 0 Å². The van der Waals surface area contributed by atoms with Gasteiger partial charge in [-0.2, -0.15) is 0 Å². The molecule has 3 N–H and O–H groups in total. The summed E-state index contributed by atoms with van der Waals surface area (Å²) in [5.74, 6) is -0.751. The SMILES string of the molecule is CC(=O)OC(C=O)C(O)C(O)C(C)O. The van der Waals surface area contributed by atoms with E-state index in [4.69, 9.17) is 10.2 Å². The lowest BCUT2D eigenvalue weighted by molar-refractivity contribution is -0.164. The standard InChI is InChI=1S/C8H14O6/c1-4(10)7(12)8(13)6(3-9)14-5(2)11/h3-4,6-8,10,12-13H,1-2H3. The van der Waals surface area contributed by atoms with E-state index in [0.29, 0.717) is 0 Å². The summed E-state index contributed by atoms with van der Waals surface area (Å²) in [7, 11) is 0. The van der Waals surface area contributed by atoms with Gasteiger partial charge in [0, 0.05) is 6.92 Å². The normalized spacial score (nSPS) is 19.2. The number of aldehydes is 1. The van der Waals surface area contributed by atoms with Gasteiger partial charge in [0.25, 0.3) is 0 Å². The molecule has 0 radical (unpaired) electrons. The summed E-state index contributed by atoms with van der Waals surface area (Å²) in [5.41, 5.74) is 0.